The zero-order valence-corrected chi connectivity index (χ0v) is 17.3. The van der Waals surface area contributed by atoms with Crippen LogP contribution in [-0.4, -0.2) is 63.9 Å². The summed E-state index contributed by atoms with van der Waals surface area (Å²) in [6, 6.07) is 7.02. The average molecular weight is 419 g/mol. The van der Waals surface area contributed by atoms with E-state index in [2.05, 4.69) is 4.74 Å². The number of hydrogen-bond donors (Lipinski definition) is 1. The molecule has 2 aliphatic rings. The molecular weight excluding hydrogens is 393 g/mol. The molecule has 4 atom stereocenters. The summed E-state index contributed by atoms with van der Waals surface area (Å²) in [5, 5.41) is 9.34. The molecule has 1 aromatic carbocycles. The Morgan fingerprint density at radius 3 is 2.41 bits per heavy atom. The number of hydrogen-bond acceptors (Lipinski definition) is 5. The lowest BCUT2D eigenvalue weighted by atomic mass is 10.1. The third-order valence-corrected chi connectivity index (χ3v) is 6.70. The Balaban J connectivity index is 1.66. The molecule has 0 aliphatic carbocycles. The maximum absolute atomic E-state index is 12.9. The lowest BCUT2D eigenvalue weighted by Crippen LogP contribution is -2.52. The van der Waals surface area contributed by atoms with Crippen LogP contribution < -0.4 is 4.89 Å². The first-order chi connectivity index (χ1) is 13.9. The summed E-state index contributed by atoms with van der Waals surface area (Å²) < 4.78 is 4.15. The van der Waals surface area contributed by atoms with Crippen molar-refractivity contribution in [2.45, 2.75) is 56.9 Å². The molecule has 2 fully saturated rings. The van der Waals surface area contributed by atoms with E-state index in [4.69, 9.17) is 0 Å². The minimum atomic E-state index is -1.94. The minimum Gasteiger partial charge on any atom is -0.612 e. The smallest absolute Gasteiger partial charge is 0.326 e. The number of benzene rings is 1. The molecule has 0 bridgehead atoms. The van der Waals surface area contributed by atoms with E-state index < -0.39 is 32.0 Å². The standard InChI is InChI=1S/C20H26N3O5P/c1-14(21-29(28)13-15-7-3-2-4-8-15)18(24)22-11-5-9-16(22)19(25)23-12-6-10-17(23)20(26)27/h2-4,7-8,14,16-17H,5-6,9-13H2,1H3,(H,26,27)/t14-,16-,17-/m0/s1. The molecule has 0 saturated carbocycles. The van der Waals surface area contributed by atoms with E-state index in [1.54, 1.807) is 6.92 Å². The Bertz CT molecular complexity index is 801. The van der Waals surface area contributed by atoms with Crippen LogP contribution in [0.3, 0.4) is 0 Å². The summed E-state index contributed by atoms with van der Waals surface area (Å²) in [6.07, 6.45) is 2.54. The zero-order chi connectivity index (χ0) is 21.0. The van der Waals surface area contributed by atoms with Gasteiger partial charge in [0.05, 0.1) is 0 Å². The Morgan fingerprint density at radius 1 is 1.14 bits per heavy atom. The van der Waals surface area contributed by atoms with Gasteiger partial charge in [-0.1, -0.05) is 30.3 Å². The highest BCUT2D eigenvalue weighted by Gasteiger charge is 2.43. The maximum atomic E-state index is 12.9. The molecule has 29 heavy (non-hydrogen) atoms. The van der Waals surface area contributed by atoms with Gasteiger partial charge in [0.25, 0.3) is 5.91 Å². The summed E-state index contributed by atoms with van der Waals surface area (Å²) in [6.45, 7) is 2.42. The van der Waals surface area contributed by atoms with Gasteiger partial charge in [-0.3, -0.25) is 9.59 Å². The largest absolute Gasteiger partial charge is 0.612 e. The number of likely N-dealkylation sites (tertiary alicyclic amines) is 2. The highest BCUT2D eigenvalue weighted by atomic mass is 31.1. The molecule has 1 unspecified atom stereocenters. The van der Waals surface area contributed by atoms with Crippen LogP contribution in [-0.2, 0) is 20.5 Å². The quantitative estimate of drug-likeness (QED) is 0.704. The van der Waals surface area contributed by atoms with Gasteiger partial charge in [0.15, 0.2) is 14.0 Å². The second-order valence-electron chi connectivity index (χ2n) is 7.50. The van der Waals surface area contributed by atoms with E-state index in [9.17, 15) is 24.4 Å². The highest BCUT2D eigenvalue weighted by Crippen LogP contribution is 2.28. The molecule has 2 aliphatic heterocycles. The van der Waals surface area contributed by atoms with E-state index in [-0.39, 0.29) is 18.0 Å². The second-order valence-corrected chi connectivity index (χ2v) is 8.76. The SMILES string of the molecule is C[C@H](/N=[P+](\[O-])Cc1ccccc1)C(=O)N1CCC[C@H]1C(=O)N1CCC[C@H]1C(=O)O. The molecule has 1 N–H and O–H groups in total. The van der Waals surface area contributed by atoms with Crippen LogP contribution in [0.15, 0.2) is 35.1 Å². The number of rotatable bonds is 6. The normalized spacial score (nSPS) is 23.3. The first kappa shape index (κ1) is 21.4. The van der Waals surface area contributed by atoms with Crippen LogP contribution in [0.1, 0.15) is 38.2 Å². The Labute approximate surface area is 171 Å². The monoisotopic (exact) mass is 419 g/mol. The Kier molecular flexibility index (Phi) is 6.98. The van der Waals surface area contributed by atoms with Crippen LogP contribution in [0.4, 0.5) is 0 Å². The van der Waals surface area contributed by atoms with Crippen molar-refractivity contribution in [3.05, 3.63) is 35.9 Å². The number of nitrogens with zero attached hydrogens (tertiary/aromatic N) is 3. The van der Waals surface area contributed by atoms with Gasteiger partial charge in [-0.25, -0.2) is 4.79 Å². The number of carboxylic acid groups (broad SMARTS) is 1. The third kappa shape index (κ3) is 5.00. The lowest BCUT2D eigenvalue weighted by molar-refractivity contribution is -0.157. The van der Waals surface area contributed by atoms with E-state index in [1.165, 1.54) is 9.80 Å². The Hall–Kier alpha value is -2.31. The van der Waals surface area contributed by atoms with Gasteiger partial charge in [0.1, 0.15) is 18.2 Å². The van der Waals surface area contributed by atoms with Gasteiger partial charge in [-0.15, -0.1) is 4.74 Å². The first-order valence-electron chi connectivity index (χ1n) is 9.91. The first-order valence-corrected chi connectivity index (χ1v) is 11.3. The van der Waals surface area contributed by atoms with E-state index in [0.29, 0.717) is 38.8 Å². The molecule has 1 aromatic rings. The summed E-state index contributed by atoms with van der Waals surface area (Å²) in [5.41, 5.74) is 0.889. The molecule has 9 heteroatoms. The number of amides is 2. The van der Waals surface area contributed by atoms with Crippen molar-refractivity contribution in [1.29, 1.82) is 0 Å². The average Bonchev–Trinajstić information content (AvgIpc) is 3.37. The highest BCUT2D eigenvalue weighted by molar-refractivity contribution is 7.38. The summed E-state index contributed by atoms with van der Waals surface area (Å²) in [4.78, 5) is 52.5. The van der Waals surface area contributed by atoms with Crippen LogP contribution in [0.25, 0.3) is 0 Å². The Morgan fingerprint density at radius 2 is 1.76 bits per heavy atom. The topological polar surface area (TPSA) is 113 Å². The van der Waals surface area contributed by atoms with Crippen molar-refractivity contribution in [2.75, 3.05) is 13.1 Å². The van der Waals surface area contributed by atoms with E-state index in [0.717, 1.165) is 5.56 Å². The summed E-state index contributed by atoms with van der Waals surface area (Å²) >= 11 is 0. The van der Waals surface area contributed by atoms with Gasteiger partial charge >= 0.3 is 5.97 Å². The lowest BCUT2D eigenvalue weighted by Gasteiger charge is -2.30. The van der Waals surface area contributed by atoms with E-state index >= 15 is 0 Å². The number of carbonyl (C=O) groups excluding carboxylic acids is 2. The predicted octanol–water partition coefficient (Wildman–Crippen LogP) is 1.58. The predicted molar refractivity (Wildman–Crippen MR) is 106 cm³/mol. The molecule has 0 radical (unpaired) electrons. The van der Waals surface area contributed by atoms with Crippen LogP contribution in [0.5, 0.6) is 0 Å². The fourth-order valence-electron chi connectivity index (χ4n) is 4.03. The van der Waals surface area contributed by atoms with Crippen LogP contribution in [0, 0.1) is 0 Å². The van der Waals surface area contributed by atoms with Crippen molar-refractivity contribution in [3.8, 4) is 0 Å². The van der Waals surface area contributed by atoms with Gasteiger partial charge in [-0.2, -0.15) is 0 Å². The molecule has 8 nitrogen and oxygen atoms in total. The number of aliphatic carboxylic acids is 1. The number of carbonyl (C=O) groups is 3. The molecule has 0 aromatic heterocycles. The maximum Gasteiger partial charge on any atom is 0.326 e. The molecular formula is C20H26N3O5P. The third-order valence-electron chi connectivity index (χ3n) is 5.46. The fourth-order valence-corrected chi connectivity index (χ4v) is 5.12. The molecule has 3 rings (SSSR count). The van der Waals surface area contributed by atoms with Crippen LogP contribution >= 0.6 is 7.94 Å². The van der Waals surface area contributed by atoms with Crippen molar-refractivity contribution >= 4 is 25.7 Å². The van der Waals surface area contributed by atoms with Gasteiger partial charge < -0.3 is 19.8 Å². The molecule has 0 spiro atoms. The number of carboxylic acids is 1. The molecule has 2 saturated heterocycles. The molecule has 2 heterocycles. The molecule has 2 amide bonds. The summed E-state index contributed by atoms with van der Waals surface area (Å²) in [7, 11) is -1.94. The van der Waals surface area contributed by atoms with Crippen molar-refractivity contribution in [1.82, 2.24) is 9.80 Å². The van der Waals surface area contributed by atoms with E-state index in [1.807, 2.05) is 30.3 Å². The van der Waals surface area contributed by atoms with Gasteiger partial charge in [0, 0.05) is 13.1 Å². The van der Waals surface area contributed by atoms with Crippen LogP contribution in [0.2, 0.25) is 0 Å². The minimum absolute atomic E-state index is 0.268. The zero-order valence-electron chi connectivity index (χ0n) is 16.4. The summed E-state index contributed by atoms with van der Waals surface area (Å²) in [5.74, 6) is -1.64. The van der Waals surface area contributed by atoms with Gasteiger partial charge in [0.2, 0.25) is 5.91 Å². The fraction of sp³-hybridized carbons (Fsp3) is 0.550. The van der Waals surface area contributed by atoms with Crippen molar-refractivity contribution < 1.29 is 24.4 Å². The molecule has 156 valence electrons. The van der Waals surface area contributed by atoms with Gasteiger partial charge in [-0.05, 0) is 38.2 Å². The van der Waals surface area contributed by atoms with Crippen molar-refractivity contribution in [3.63, 3.8) is 0 Å². The van der Waals surface area contributed by atoms with Crippen molar-refractivity contribution in [2.24, 2.45) is 4.74 Å². The second kappa shape index (κ2) is 9.46.